The third-order valence-electron chi connectivity index (χ3n) is 2.98. The predicted octanol–water partition coefficient (Wildman–Crippen LogP) is 3.29. The highest BCUT2D eigenvalue weighted by atomic mass is 19.4. The van der Waals surface area contributed by atoms with Gasteiger partial charge in [0.1, 0.15) is 6.54 Å². The number of para-hydroxylation sites is 1. The number of benzene rings is 1. The quantitative estimate of drug-likeness (QED) is 0.850. The fourth-order valence-corrected chi connectivity index (χ4v) is 2.06. The summed E-state index contributed by atoms with van der Waals surface area (Å²) in [7, 11) is 0. The smallest absolute Gasteiger partial charge is 0.328 e. The van der Waals surface area contributed by atoms with Crippen molar-refractivity contribution < 1.29 is 18.0 Å². The van der Waals surface area contributed by atoms with Crippen LogP contribution in [0.1, 0.15) is 23.8 Å². The Hall–Kier alpha value is -2.31. The minimum atomic E-state index is -4.42. The second-order valence-electron chi connectivity index (χ2n) is 4.82. The molecule has 0 saturated heterocycles. The van der Waals surface area contributed by atoms with Crippen LogP contribution >= 0.6 is 0 Å². The lowest BCUT2D eigenvalue weighted by Gasteiger charge is -2.22. The molecule has 1 heterocycles. The molecule has 2 rings (SSSR count). The van der Waals surface area contributed by atoms with E-state index in [9.17, 15) is 18.0 Å². The van der Waals surface area contributed by atoms with Crippen LogP contribution in [-0.2, 0) is 0 Å². The molecule has 7 heteroatoms. The van der Waals surface area contributed by atoms with Gasteiger partial charge in [-0.05, 0) is 24.6 Å². The maximum Gasteiger partial charge on any atom is 0.406 e. The van der Waals surface area contributed by atoms with E-state index in [4.69, 9.17) is 0 Å². The second-order valence-corrected chi connectivity index (χ2v) is 4.82. The van der Waals surface area contributed by atoms with E-state index in [1.807, 2.05) is 18.2 Å². The number of halogens is 3. The van der Waals surface area contributed by atoms with Gasteiger partial charge in [-0.3, -0.25) is 4.79 Å². The Morgan fingerprint density at radius 2 is 1.91 bits per heavy atom. The van der Waals surface area contributed by atoms with Crippen LogP contribution in [0.2, 0.25) is 0 Å². The summed E-state index contributed by atoms with van der Waals surface area (Å²) in [5.41, 5.74) is 0.737. The number of hydrogen-bond acceptors (Lipinski definition) is 2. The van der Waals surface area contributed by atoms with E-state index in [1.165, 1.54) is 10.7 Å². The van der Waals surface area contributed by atoms with Crippen molar-refractivity contribution in [2.45, 2.75) is 19.5 Å². The third-order valence-corrected chi connectivity index (χ3v) is 2.98. The summed E-state index contributed by atoms with van der Waals surface area (Å²) in [4.78, 5) is 13.0. The van der Waals surface area contributed by atoms with E-state index in [0.717, 1.165) is 10.6 Å². The van der Waals surface area contributed by atoms with E-state index in [2.05, 4.69) is 5.10 Å². The number of carbonyl (C=O) groups is 1. The van der Waals surface area contributed by atoms with Gasteiger partial charge < -0.3 is 4.90 Å². The molecule has 1 amide bonds. The molecule has 0 radical (unpaired) electrons. The van der Waals surface area contributed by atoms with Crippen LogP contribution in [0, 0.1) is 0 Å². The summed E-state index contributed by atoms with van der Waals surface area (Å²) in [6, 6.07) is 10.5. The van der Waals surface area contributed by atoms with Crippen LogP contribution in [0.15, 0.2) is 42.6 Å². The van der Waals surface area contributed by atoms with Gasteiger partial charge in [-0.25, -0.2) is 4.68 Å². The summed E-state index contributed by atoms with van der Waals surface area (Å²) >= 11 is 0. The van der Waals surface area contributed by atoms with Gasteiger partial charge in [0.2, 0.25) is 0 Å². The molecule has 0 aliphatic carbocycles. The van der Waals surface area contributed by atoms with Crippen LogP contribution in [0.3, 0.4) is 0 Å². The van der Waals surface area contributed by atoms with Crippen molar-refractivity contribution in [3.8, 4) is 5.69 Å². The molecule has 0 spiro atoms. The molecule has 4 nitrogen and oxygen atoms in total. The first-order chi connectivity index (χ1) is 10.4. The zero-order valence-electron chi connectivity index (χ0n) is 12.0. The number of aromatic nitrogens is 2. The van der Waals surface area contributed by atoms with Gasteiger partial charge in [0.15, 0.2) is 5.69 Å². The number of nitrogens with zero attached hydrogens (tertiary/aromatic N) is 3. The Balaban J connectivity index is 2.19. The SMILES string of the molecule is CCCN(CC(F)(F)F)C(=O)c1ccn(-c2ccccc2)n1. The van der Waals surface area contributed by atoms with Crippen LogP contribution in [-0.4, -0.2) is 39.9 Å². The lowest BCUT2D eigenvalue weighted by Crippen LogP contribution is -2.39. The summed E-state index contributed by atoms with van der Waals surface area (Å²) in [5.74, 6) is -0.714. The molecule has 1 aromatic carbocycles. The molecule has 0 fully saturated rings. The molecule has 0 atom stereocenters. The predicted molar refractivity (Wildman–Crippen MR) is 75.8 cm³/mol. The maximum absolute atomic E-state index is 12.6. The number of rotatable bonds is 5. The van der Waals surface area contributed by atoms with Gasteiger partial charge in [0.25, 0.3) is 5.91 Å². The van der Waals surface area contributed by atoms with E-state index >= 15 is 0 Å². The first-order valence-electron chi connectivity index (χ1n) is 6.88. The minimum absolute atomic E-state index is 0.00144. The van der Waals surface area contributed by atoms with E-state index < -0.39 is 18.6 Å². The number of amides is 1. The van der Waals surface area contributed by atoms with Gasteiger partial charge in [0.05, 0.1) is 5.69 Å². The Labute approximate surface area is 126 Å². The molecule has 2 aromatic rings. The number of carbonyl (C=O) groups excluding carboxylic acids is 1. The van der Waals surface area contributed by atoms with E-state index in [1.54, 1.807) is 25.3 Å². The van der Waals surface area contributed by atoms with E-state index in [0.29, 0.717) is 6.42 Å². The van der Waals surface area contributed by atoms with Gasteiger partial charge in [-0.2, -0.15) is 18.3 Å². The van der Waals surface area contributed by atoms with Crippen LogP contribution < -0.4 is 0 Å². The van der Waals surface area contributed by atoms with Crippen molar-refractivity contribution in [3.05, 3.63) is 48.3 Å². The largest absolute Gasteiger partial charge is 0.406 e. The lowest BCUT2D eigenvalue weighted by molar-refractivity contribution is -0.140. The van der Waals surface area contributed by atoms with Crippen molar-refractivity contribution in [3.63, 3.8) is 0 Å². The van der Waals surface area contributed by atoms with Crippen LogP contribution in [0.4, 0.5) is 13.2 Å². The molecule has 1 aromatic heterocycles. The molecule has 0 aliphatic heterocycles. The van der Waals surface area contributed by atoms with Crippen molar-refractivity contribution in [1.82, 2.24) is 14.7 Å². The molecule has 0 unspecified atom stereocenters. The summed E-state index contributed by atoms with van der Waals surface area (Å²) in [5, 5.41) is 4.07. The molecule has 118 valence electrons. The average molecular weight is 311 g/mol. The topological polar surface area (TPSA) is 38.1 Å². The van der Waals surface area contributed by atoms with Crippen molar-refractivity contribution in [2.24, 2.45) is 0 Å². The zero-order chi connectivity index (χ0) is 16.2. The molecule has 22 heavy (non-hydrogen) atoms. The second kappa shape index (κ2) is 6.64. The molecular formula is C15H16F3N3O. The molecule has 0 bridgehead atoms. The Morgan fingerprint density at radius 1 is 1.23 bits per heavy atom. The van der Waals surface area contributed by atoms with Crippen molar-refractivity contribution >= 4 is 5.91 Å². The number of alkyl halides is 3. The first-order valence-corrected chi connectivity index (χ1v) is 6.88. The maximum atomic E-state index is 12.6. The van der Waals surface area contributed by atoms with Crippen LogP contribution in [0.25, 0.3) is 5.69 Å². The van der Waals surface area contributed by atoms with Gasteiger partial charge in [-0.15, -0.1) is 0 Å². The summed E-state index contributed by atoms with van der Waals surface area (Å²) < 4.78 is 39.1. The highest BCUT2D eigenvalue weighted by molar-refractivity contribution is 5.92. The number of hydrogen-bond donors (Lipinski definition) is 0. The Bertz CT molecular complexity index is 622. The van der Waals surface area contributed by atoms with Gasteiger partial charge in [0, 0.05) is 12.7 Å². The minimum Gasteiger partial charge on any atom is -0.328 e. The first kappa shape index (κ1) is 16.1. The Kier molecular flexibility index (Phi) is 4.85. The molecule has 0 saturated carbocycles. The monoisotopic (exact) mass is 311 g/mol. The molecular weight excluding hydrogens is 295 g/mol. The summed E-state index contributed by atoms with van der Waals surface area (Å²) in [6.07, 6.45) is -2.42. The molecule has 0 N–H and O–H groups in total. The Morgan fingerprint density at radius 3 is 2.50 bits per heavy atom. The highest BCUT2D eigenvalue weighted by Crippen LogP contribution is 2.18. The average Bonchev–Trinajstić information content (AvgIpc) is 2.95. The fourth-order valence-electron chi connectivity index (χ4n) is 2.06. The zero-order valence-corrected chi connectivity index (χ0v) is 12.0. The van der Waals surface area contributed by atoms with Gasteiger partial charge in [-0.1, -0.05) is 25.1 Å². The fraction of sp³-hybridized carbons (Fsp3) is 0.333. The van der Waals surface area contributed by atoms with E-state index in [-0.39, 0.29) is 12.2 Å². The normalized spacial score (nSPS) is 11.5. The highest BCUT2D eigenvalue weighted by Gasteiger charge is 2.33. The van der Waals surface area contributed by atoms with Crippen LogP contribution in [0.5, 0.6) is 0 Å². The lowest BCUT2D eigenvalue weighted by atomic mass is 10.3. The molecule has 0 aliphatic rings. The summed E-state index contributed by atoms with van der Waals surface area (Å²) in [6.45, 7) is 0.494. The third kappa shape index (κ3) is 4.09. The van der Waals surface area contributed by atoms with Gasteiger partial charge >= 0.3 is 6.18 Å². The standard InChI is InChI=1S/C15H16F3N3O/c1-2-9-20(11-15(16,17)18)14(22)13-8-10-21(19-13)12-6-4-3-5-7-12/h3-8,10H,2,9,11H2,1H3. The van der Waals surface area contributed by atoms with Crippen molar-refractivity contribution in [1.29, 1.82) is 0 Å². The van der Waals surface area contributed by atoms with Crippen molar-refractivity contribution in [2.75, 3.05) is 13.1 Å².